The molecule has 1 aromatic heterocycles. The van der Waals surface area contributed by atoms with Gasteiger partial charge in [-0.05, 0) is 42.5 Å². The highest BCUT2D eigenvalue weighted by molar-refractivity contribution is 5.87. The summed E-state index contributed by atoms with van der Waals surface area (Å²) in [7, 11) is 0. The van der Waals surface area contributed by atoms with Crippen molar-refractivity contribution in [1.29, 1.82) is 0 Å². The van der Waals surface area contributed by atoms with Crippen LogP contribution < -0.4 is 0 Å². The third-order valence-corrected chi connectivity index (χ3v) is 4.17. The van der Waals surface area contributed by atoms with Crippen molar-refractivity contribution >= 4 is 5.97 Å². The van der Waals surface area contributed by atoms with Crippen LogP contribution in [0.5, 0.6) is 0 Å². The van der Waals surface area contributed by atoms with E-state index in [0.29, 0.717) is 5.56 Å². The Kier molecular flexibility index (Phi) is 7.40. The number of carboxylic acids is 1. The van der Waals surface area contributed by atoms with E-state index in [0.717, 1.165) is 42.6 Å². The van der Waals surface area contributed by atoms with Crippen LogP contribution in [0.2, 0.25) is 0 Å². The molecule has 0 saturated carbocycles. The average Bonchev–Trinajstić information content (AvgIpc) is 2.61. The number of carboxylic acid groups (broad SMARTS) is 1. The van der Waals surface area contributed by atoms with Gasteiger partial charge in [0.2, 0.25) is 0 Å². The molecule has 0 aliphatic heterocycles. The zero-order valence-electron chi connectivity index (χ0n) is 14.4. The number of aryl methyl sites for hydroxylation is 3. The molecule has 1 aromatic carbocycles. The Bertz CT molecular complexity index is 621. The fourth-order valence-corrected chi connectivity index (χ4v) is 2.63. The van der Waals surface area contributed by atoms with Crippen LogP contribution in [0.4, 0.5) is 0 Å². The first kappa shape index (κ1) is 18.1. The summed E-state index contributed by atoms with van der Waals surface area (Å²) in [6.07, 6.45) is 12.8. The first-order valence-electron chi connectivity index (χ1n) is 8.81. The minimum atomic E-state index is -0.889. The van der Waals surface area contributed by atoms with E-state index < -0.39 is 5.97 Å². The van der Waals surface area contributed by atoms with Gasteiger partial charge in [-0.2, -0.15) is 0 Å². The lowest BCUT2D eigenvalue weighted by molar-refractivity contribution is 0.0697. The topological polar surface area (TPSA) is 63.1 Å². The van der Waals surface area contributed by atoms with E-state index in [9.17, 15) is 4.79 Å². The summed E-state index contributed by atoms with van der Waals surface area (Å²) in [4.78, 5) is 19.7. The second kappa shape index (κ2) is 9.81. The van der Waals surface area contributed by atoms with Crippen molar-refractivity contribution in [3.8, 4) is 0 Å². The van der Waals surface area contributed by atoms with Crippen molar-refractivity contribution in [2.45, 2.75) is 58.3 Å². The maximum absolute atomic E-state index is 10.8. The Morgan fingerprint density at radius 2 is 1.50 bits per heavy atom. The van der Waals surface area contributed by atoms with Gasteiger partial charge in [-0.3, -0.25) is 0 Å². The lowest BCUT2D eigenvalue weighted by Gasteiger charge is -2.04. The summed E-state index contributed by atoms with van der Waals surface area (Å²) in [5.41, 5.74) is 2.57. The van der Waals surface area contributed by atoms with Crippen LogP contribution in [0.1, 0.15) is 66.3 Å². The van der Waals surface area contributed by atoms with Crippen molar-refractivity contribution in [2.75, 3.05) is 0 Å². The van der Waals surface area contributed by atoms with E-state index >= 15 is 0 Å². The molecule has 1 N–H and O–H groups in total. The quantitative estimate of drug-likeness (QED) is 0.654. The van der Waals surface area contributed by atoms with Crippen molar-refractivity contribution < 1.29 is 9.90 Å². The van der Waals surface area contributed by atoms with Crippen LogP contribution >= 0.6 is 0 Å². The number of hydrogen-bond acceptors (Lipinski definition) is 3. The second-order valence-corrected chi connectivity index (χ2v) is 6.17. The Morgan fingerprint density at radius 3 is 2.12 bits per heavy atom. The van der Waals surface area contributed by atoms with E-state index in [-0.39, 0.29) is 0 Å². The predicted octanol–water partition coefficient (Wildman–Crippen LogP) is 4.47. The van der Waals surface area contributed by atoms with Crippen molar-refractivity contribution in [3.63, 3.8) is 0 Å². The highest BCUT2D eigenvalue weighted by atomic mass is 16.4. The molecule has 0 aliphatic carbocycles. The third-order valence-electron chi connectivity index (χ3n) is 4.17. The fourth-order valence-electron chi connectivity index (χ4n) is 2.63. The summed E-state index contributed by atoms with van der Waals surface area (Å²) < 4.78 is 0. The molecule has 24 heavy (non-hydrogen) atoms. The van der Waals surface area contributed by atoms with Crippen molar-refractivity contribution in [1.82, 2.24) is 9.97 Å². The van der Waals surface area contributed by atoms with E-state index in [2.05, 4.69) is 16.9 Å². The average molecular weight is 326 g/mol. The van der Waals surface area contributed by atoms with Gasteiger partial charge in [0, 0.05) is 18.8 Å². The lowest BCUT2D eigenvalue weighted by atomic mass is 10.0. The largest absolute Gasteiger partial charge is 0.478 e. The van der Waals surface area contributed by atoms with E-state index in [1.807, 2.05) is 24.5 Å². The zero-order valence-corrected chi connectivity index (χ0v) is 14.4. The number of carbonyl (C=O) groups is 1. The molecule has 4 nitrogen and oxygen atoms in total. The molecule has 128 valence electrons. The van der Waals surface area contributed by atoms with Crippen molar-refractivity contribution in [3.05, 3.63) is 59.2 Å². The Morgan fingerprint density at radius 1 is 0.875 bits per heavy atom. The normalized spacial score (nSPS) is 10.7. The molecule has 1 heterocycles. The monoisotopic (exact) mass is 326 g/mol. The standard InChI is InChI=1S/C20H26N2O2/c1-2-3-4-5-6-7-19-21-14-17(15-22-19)9-8-16-10-12-18(13-11-16)20(23)24/h10-15H,2-9H2,1H3,(H,23,24). The molecule has 0 fully saturated rings. The molecule has 0 bridgehead atoms. The fraction of sp³-hybridized carbons (Fsp3) is 0.450. The van der Waals surface area contributed by atoms with Crippen LogP contribution in [0.15, 0.2) is 36.7 Å². The highest BCUT2D eigenvalue weighted by Crippen LogP contribution is 2.10. The smallest absolute Gasteiger partial charge is 0.335 e. The van der Waals surface area contributed by atoms with Gasteiger partial charge in [-0.1, -0.05) is 44.7 Å². The first-order valence-corrected chi connectivity index (χ1v) is 8.81. The predicted molar refractivity (Wildman–Crippen MR) is 95.3 cm³/mol. The molecule has 0 atom stereocenters. The van der Waals surface area contributed by atoms with Gasteiger partial charge in [-0.25, -0.2) is 14.8 Å². The number of unbranched alkanes of at least 4 members (excludes halogenated alkanes) is 4. The van der Waals surface area contributed by atoms with Gasteiger partial charge >= 0.3 is 5.97 Å². The zero-order chi connectivity index (χ0) is 17.2. The van der Waals surface area contributed by atoms with Crippen LogP contribution in [0.3, 0.4) is 0 Å². The Labute approximate surface area is 144 Å². The molecular weight excluding hydrogens is 300 g/mol. The number of aromatic nitrogens is 2. The molecule has 4 heteroatoms. The van der Waals surface area contributed by atoms with Gasteiger partial charge in [0.05, 0.1) is 5.56 Å². The van der Waals surface area contributed by atoms with Crippen LogP contribution in [0, 0.1) is 0 Å². The number of benzene rings is 1. The molecule has 0 radical (unpaired) electrons. The summed E-state index contributed by atoms with van der Waals surface area (Å²) in [6, 6.07) is 7.04. The lowest BCUT2D eigenvalue weighted by Crippen LogP contribution is -1.99. The van der Waals surface area contributed by atoms with Gasteiger partial charge in [0.1, 0.15) is 5.82 Å². The van der Waals surface area contributed by atoms with E-state index in [4.69, 9.17) is 5.11 Å². The second-order valence-electron chi connectivity index (χ2n) is 6.17. The molecule has 0 saturated heterocycles. The number of rotatable bonds is 10. The van der Waals surface area contributed by atoms with E-state index in [1.165, 1.54) is 25.7 Å². The number of aromatic carboxylic acids is 1. The van der Waals surface area contributed by atoms with Crippen LogP contribution in [-0.2, 0) is 19.3 Å². The van der Waals surface area contributed by atoms with Gasteiger partial charge in [-0.15, -0.1) is 0 Å². The third kappa shape index (κ3) is 6.11. The number of hydrogen-bond donors (Lipinski definition) is 1. The Hall–Kier alpha value is -2.23. The van der Waals surface area contributed by atoms with Crippen LogP contribution in [-0.4, -0.2) is 21.0 Å². The molecular formula is C20H26N2O2. The number of nitrogens with zero attached hydrogens (tertiary/aromatic N) is 2. The van der Waals surface area contributed by atoms with Gasteiger partial charge < -0.3 is 5.11 Å². The van der Waals surface area contributed by atoms with Crippen molar-refractivity contribution in [2.24, 2.45) is 0 Å². The molecule has 0 spiro atoms. The van der Waals surface area contributed by atoms with Gasteiger partial charge in [0.25, 0.3) is 0 Å². The molecule has 0 amide bonds. The maximum Gasteiger partial charge on any atom is 0.335 e. The first-order chi connectivity index (χ1) is 11.7. The van der Waals surface area contributed by atoms with Gasteiger partial charge in [0.15, 0.2) is 0 Å². The molecule has 0 unspecified atom stereocenters. The summed E-state index contributed by atoms with van der Waals surface area (Å²) in [5.74, 6) is 0.0429. The minimum absolute atomic E-state index is 0.324. The summed E-state index contributed by atoms with van der Waals surface area (Å²) in [5, 5.41) is 8.90. The summed E-state index contributed by atoms with van der Waals surface area (Å²) >= 11 is 0. The maximum atomic E-state index is 10.8. The summed E-state index contributed by atoms with van der Waals surface area (Å²) in [6.45, 7) is 2.22. The van der Waals surface area contributed by atoms with Crippen LogP contribution in [0.25, 0.3) is 0 Å². The minimum Gasteiger partial charge on any atom is -0.478 e. The van der Waals surface area contributed by atoms with E-state index in [1.54, 1.807) is 12.1 Å². The highest BCUT2D eigenvalue weighted by Gasteiger charge is 2.03. The Balaban J connectivity index is 1.76. The molecule has 0 aliphatic rings. The molecule has 2 aromatic rings. The molecule has 2 rings (SSSR count). The SMILES string of the molecule is CCCCCCCc1ncc(CCc2ccc(C(=O)O)cc2)cn1.